The maximum absolute atomic E-state index is 5.89. The molecule has 0 atom stereocenters. The third kappa shape index (κ3) is 4.67. The molecule has 102 valence electrons. The molecule has 0 radical (unpaired) electrons. The van der Waals surface area contributed by atoms with Gasteiger partial charge in [0.1, 0.15) is 5.75 Å². The average Bonchev–Trinajstić information content (AvgIpc) is 2.27. The molecule has 1 aromatic carbocycles. The summed E-state index contributed by atoms with van der Waals surface area (Å²) in [4.78, 5) is 2.17. The van der Waals surface area contributed by atoms with Crippen molar-refractivity contribution in [2.75, 3.05) is 33.8 Å². The standard InChI is InChI=1S/C15H26N2O/c1-12-10-14(6-7-16)11-13(2)15(12)18-9-5-8-17(3)4/h10-11H,5-9,16H2,1-4H3. The quantitative estimate of drug-likeness (QED) is 0.754. The van der Waals surface area contributed by atoms with Crippen molar-refractivity contribution >= 4 is 0 Å². The van der Waals surface area contributed by atoms with E-state index in [4.69, 9.17) is 10.5 Å². The fourth-order valence-electron chi connectivity index (χ4n) is 2.13. The van der Waals surface area contributed by atoms with Crippen LogP contribution in [0.15, 0.2) is 12.1 Å². The minimum Gasteiger partial charge on any atom is -0.493 e. The lowest BCUT2D eigenvalue weighted by atomic mass is 10.0. The van der Waals surface area contributed by atoms with Crippen molar-refractivity contribution in [3.63, 3.8) is 0 Å². The van der Waals surface area contributed by atoms with Crippen LogP contribution in [0.2, 0.25) is 0 Å². The van der Waals surface area contributed by atoms with Gasteiger partial charge in [0.05, 0.1) is 6.61 Å². The van der Waals surface area contributed by atoms with Crippen LogP contribution in [-0.2, 0) is 6.42 Å². The smallest absolute Gasteiger partial charge is 0.125 e. The van der Waals surface area contributed by atoms with E-state index in [-0.39, 0.29) is 0 Å². The third-order valence-electron chi connectivity index (χ3n) is 2.95. The van der Waals surface area contributed by atoms with Gasteiger partial charge in [-0.3, -0.25) is 0 Å². The van der Waals surface area contributed by atoms with Gasteiger partial charge in [-0.05, 0) is 64.0 Å². The first-order chi connectivity index (χ1) is 8.54. The molecule has 0 amide bonds. The Morgan fingerprint density at radius 3 is 2.28 bits per heavy atom. The summed E-state index contributed by atoms with van der Waals surface area (Å²) in [5.74, 6) is 1.04. The molecule has 3 nitrogen and oxygen atoms in total. The number of benzene rings is 1. The molecule has 0 unspecified atom stereocenters. The number of nitrogens with zero attached hydrogens (tertiary/aromatic N) is 1. The van der Waals surface area contributed by atoms with Crippen molar-refractivity contribution in [3.8, 4) is 5.75 Å². The van der Waals surface area contributed by atoms with Crippen molar-refractivity contribution in [1.82, 2.24) is 4.90 Å². The fraction of sp³-hybridized carbons (Fsp3) is 0.600. The van der Waals surface area contributed by atoms with Gasteiger partial charge in [-0.2, -0.15) is 0 Å². The largest absolute Gasteiger partial charge is 0.493 e. The van der Waals surface area contributed by atoms with Gasteiger partial charge in [-0.1, -0.05) is 12.1 Å². The molecular formula is C15H26N2O. The first-order valence-corrected chi connectivity index (χ1v) is 6.62. The molecule has 0 saturated carbocycles. The highest BCUT2D eigenvalue weighted by Crippen LogP contribution is 2.25. The molecular weight excluding hydrogens is 224 g/mol. The van der Waals surface area contributed by atoms with E-state index in [1.54, 1.807) is 0 Å². The van der Waals surface area contributed by atoms with E-state index in [0.29, 0.717) is 6.54 Å². The van der Waals surface area contributed by atoms with Gasteiger partial charge >= 0.3 is 0 Å². The van der Waals surface area contributed by atoms with Crippen LogP contribution < -0.4 is 10.5 Å². The summed E-state index contributed by atoms with van der Waals surface area (Å²) in [5, 5.41) is 0. The van der Waals surface area contributed by atoms with E-state index in [2.05, 4.69) is 45.0 Å². The molecule has 0 bridgehead atoms. The molecule has 0 fully saturated rings. The Bertz CT molecular complexity index is 352. The van der Waals surface area contributed by atoms with E-state index in [1.165, 1.54) is 16.7 Å². The van der Waals surface area contributed by atoms with E-state index in [1.807, 2.05) is 0 Å². The molecule has 3 heteroatoms. The summed E-state index contributed by atoms with van der Waals surface area (Å²) in [6.07, 6.45) is 1.99. The van der Waals surface area contributed by atoms with Crippen molar-refractivity contribution < 1.29 is 4.74 Å². The normalized spacial score (nSPS) is 11.0. The fourth-order valence-corrected chi connectivity index (χ4v) is 2.13. The molecule has 0 aromatic heterocycles. The zero-order chi connectivity index (χ0) is 13.5. The Morgan fingerprint density at radius 1 is 1.17 bits per heavy atom. The Kier molecular flexibility index (Phi) is 6.16. The van der Waals surface area contributed by atoms with Crippen LogP contribution in [0.5, 0.6) is 5.75 Å². The van der Waals surface area contributed by atoms with Gasteiger partial charge in [0.25, 0.3) is 0 Å². The van der Waals surface area contributed by atoms with Gasteiger partial charge in [0.15, 0.2) is 0 Å². The molecule has 18 heavy (non-hydrogen) atoms. The van der Waals surface area contributed by atoms with Gasteiger partial charge in [0, 0.05) is 6.54 Å². The molecule has 1 aromatic rings. The predicted molar refractivity (Wildman–Crippen MR) is 77.3 cm³/mol. The lowest BCUT2D eigenvalue weighted by Crippen LogP contribution is -2.16. The summed E-state index contributed by atoms with van der Waals surface area (Å²) < 4.78 is 5.89. The molecule has 0 spiro atoms. The number of hydrogen-bond acceptors (Lipinski definition) is 3. The summed E-state index contributed by atoms with van der Waals surface area (Å²) >= 11 is 0. The van der Waals surface area contributed by atoms with Crippen LogP contribution in [0.3, 0.4) is 0 Å². The van der Waals surface area contributed by atoms with Crippen LogP contribution in [0.25, 0.3) is 0 Å². The zero-order valence-electron chi connectivity index (χ0n) is 12.1. The molecule has 0 saturated heterocycles. The number of nitrogens with two attached hydrogens (primary N) is 1. The highest BCUT2D eigenvalue weighted by atomic mass is 16.5. The summed E-state index contributed by atoms with van der Waals surface area (Å²) in [6, 6.07) is 4.36. The summed E-state index contributed by atoms with van der Waals surface area (Å²) in [6.45, 7) is 6.74. The number of aryl methyl sites for hydroxylation is 2. The monoisotopic (exact) mass is 250 g/mol. The van der Waals surface area contributed by atoms with Crippen molar-refractivity contribution in [2.45, 2.75) is 26.7 Å². The summed E-state index contributed by atoms with van der Waals surface area (Å²) in [5.41, 5.74) is 9.31. The van der Waals surface area contributed by atoms with E-state index < -0.39 is 0 Å². The molecule has 2 N–H and O–H groups in total. The second kappa shape index (κ2) is 7.39. The highest BCUT2D eigenvalue weighted by Gasteiger charge is 2.06. The van der Waals surface area contributed by atoms with E-state index in [0.717, 1.165) is 31.7 Å². The Morgan fingerprint density at radius 2 is 1.78 bits per heavy atom. The van der Waals surface area contributed by atoms with Gasteiger partial charge in [-0.15, -0.1) is 0 Å². The molecule has 0 aliphatic heterocycles. The van der Waals surface area contributed by atoms with Crippen molar-refractivity contribution in [1.29, 1.82) is 0 Å². The van der Waals surface area contributed by atoms with Crippen LogP contribution in [-0.4, -0.2) is 38.7 Å². The SMILES string of the molecule is Cc1cc(CCN)cc(C)c1OCCCN(C)C. The minimum atomic E-state index is 0.696. The number of rotatable bonds is 7. The third-order valence-corrected chi connectivity index (χ3v) is 2.95. The van der Waals surface area contributed by atoms with Crippen LogP contribution >= 0.6 is 0 Å². The first-order valence-electron chi connectivity index (χ1n) is 6.62. The van der Waals surface area contributed by atoms with Crippen molar-refractivity contribution in [2.24, 2.45) is 5.73 Å². The topological polar surface area (TPSA) is 38.5 Å². The predicted octanol–water partition coefficient (Wildman–Crippen LogP) is 2.14. The number of ether oxygens (including phenoxy) is 1. The maximum Gasteiger partial charge on any atom is 0.125 e. The molecule has 0 heterocycles. The Hall–Kier alpha value is -1.06. The lowest BCUT2D eigenvalue weighted by Gasteiger charge is -2.15. The van der Waals surface area contributed by atoms with E-state index >= 15 is 0 Å². The molecule has 1 rings (SSSR count). The zero-order valence-corrected chi connectivity index (χ0v) is 12.1. The van der Waals surface area contributed by atoms with Gasteiger partial charge < -0.3 is 15.4 Å². The second-order valence-corrected chi connectivity index (χ2v) is 5.10. The number of hydrogen-bond donors (Lipinski definition) is 1. The lowest BCUT2D eigenvalue weighted by molar-refractivity contribution is 0.278. The van der Waals surface area contributed by atoms with E-state index in [9.17, 15) is 0 Å². The second-order valence-electron chi connectivity index (χ2n) is 5.10. The maximum atomic E-state index is 5.89. The highest BCUT2D eigenvalue weighted by molar-refractivity contribution is 5.43. The summed E-state index contributed by atoms with van der Waals surface area (Å²) in [7, 11) is 4.16. The minimum absolute atomic E-state index is 0.696. The van der Waals surface area contributed by atoms with Crippen molar-refractivity contribution in [3.05, 3.63) is 28.8 Å². The Balaban J connectivity index is 2.60. The Labute approximate surface area is 111 Å². The molecule has 0 aliphatic carbocycles. The van der Waals surface area contributed by atoms with Gasteiger partial charge in [-0.25, -0.2) is 0 Å². The van der Waals surface area contributed by atoms with Crippen LogP contribution in [0.1, 0.15) is 23.1 Å². The van der Waals surface area contributed by atoms with Crippen LogP contribution in [0.4, 0.5) is 0 Å². The van der Waals surface area contributed by atoms with Gasteiger partial charge in [0.2, 0.25) is 0 Å². The first kappa shape index (κ1) is 15.0. The molecule has 0 aliphatic rings. The average molecular weight is 250 g/mol. The van der Waals surface area contributed by atoms with Crippen LogP contribution in [0, 0.1) is 13.8 Å².